The number of hydrazone groups is 1. The maximum atomic E-state index is 12.2. The minimum absolute atomic E-state index is 0.0750. The molecule has 0 radical (unpaired) electrons. The summed E-state index contributed by atoms with van der Waals surface area (Å²) >= 11 is 12.3. The second kappa shape index (κ2) is 11.3. The van der Waals surface area contributed by atoms with E-state index in [1.165, 1.54) is 30.6 Å². The van der Waals surface area contributed by atoms with Gasteiger partial charge >= 0.3 is 5.97 Å². The number of nitrogens with one attached hydrogen (secondary N) is 1. The lowest BCUT2D eigenvalue weighted by Crippen LogP contribution is -2.18. The van der Waals surface area contributed by atoms with Crippen LogP contribution in [0.25, 0.3) is 0 Å². The highest BCUT2D eigenvalue weighted by molar-refractivity contribution is 6.33. The Bertz CT molecular complexity index is 1180. The van der Waals surface area contributed by atoms with Gasteiger partial charge in [-0.05, 0) is 54.4 Å². The Morgan fingerprint density at radius 2 is 1.91 bits per heavy atom. The Kier molecular flexibility index (Phi) is 8.23. The molecule has 0 aliphatic carbocycles. The van der Waals surface area contributed by atoms with Crippen molar-refractivity contribution in [2.75, 3.05) is 6.61 Å². The number of pyridine rings is 1. The number of halogens is 2. The molecule has 3 rings (SSSR count). The molecule has 170 valence electrons. The number of carbonyl (C=O) groups excluding carboxylic acids is 1. The lowest BCUT2D eigenvalue weighted by Gasteiger charge is -2.14. The maximum Gasteiger partial charge on any atom is 0.335 e. The summed E-state index contributed by atoms with van der Waals surface area (Å²) in [6.45, 7) is 2.35. The van der Waals surface area contributed by atoms with Gasteiger partial charge in [0.2, 0.25) is 0 Å². The molecule has 0 fully saturated rings. The second-order valence-corrected chi connectivity index (χ2v) is 7.36. The van der Waals surface area contributed by atoms with E-state index >= 15 is 0 Å². The molecule has 1 aromatic heterocycles. The third-order valence-electron chi connectivity index (χ3n) is 4.30. The van der Waals surface area contributed by atoms with E-state index in [9.17, 15) is 9.59 Å². The van der Waals surface area contributed by atoms with Crippen LogP contribution >= 0.6 is 23.2 Å². The molecule has 0 unspecified atom stereocenters. The van der Waals surface area contributed by atoms with E-state index in [-0.39, 0.29) is 27.9 Å². The highest BCUT2D eigenvalue weighted by Crippen LogP contribution is 2.37. The van der Waals surface area contributed by atoms with Gasteiger partial charge in [-0.15, -0.1) is 0 Å². The molecule has 3 aromatic rings. The minimum Gasteiger partial charge on any atom is -0.490 e. The van der Waals surface area contributed by atoms with Crippen molar-refractivity contribution in [3.8, 4) is 11.5 Å². The van der Waals surface area contributed by atoms with E-state index in [1.807, 2.05) is 6.92 Å². The molecule has 0 saturated carbocycles. The first-order valence-corrected chi connectivity index (χ1v) is 10.5. The Morgan fingerprint density at radius 1 is 1.15 bits per heavy atom. The van der Waals surface area contributed by atoms with Gasteiger partial charge in [0.1, 0.15) is 11.8 Å². The van der Waals surface area contributed by atoms with Gasteiger partial charge in [-0.3, -0.25) is 4.79 Å². The summed E-state index contributed by atoms with van der Waals surface area (Å²) in [6.07, 6.45) is 2.89. The number of benzene rings is 2. The minimum atomic E-state index is -0.999. The van der Waals surface area contributed by atoms with Crippen molar-refractivity contribution >= 4 is 41.3 Å². The van der Waals surface area contributed by atoms with Crippen molar-refractivity contribution < 1.29 is 24.2 Å². The number of nitrogens with zero attached hydrogens (tertiary/aromatic N) is 2. The molecular formula is C23H19Cl2N3O5. The standard InChI is InChI=1S/C23H19Cl2N3O5/c1-2-32-19-11-15(12-27-28-22(29)17-4-3-9-26-21(17)25)10-18(24)20(19)33-13-14-5-7-16(8-6-14)23(30)31/h3-12H,2,13H2,1H3,(H,28,29)(H,30,31). The van der Waals surface area contributed by atoms with Gasteiger partial charge in [-0.25, -0.2) is 15.2 Å². The molecule has 1 amide bonds. The van der Waals surface area contributed by atoms with Crippen LogP contribution in [0.3, 0.4) is 0 Å². The zero-order chi connectivity index (χ0) is 23.8. The van der Waals surface area contributed by atoms with Crippen molar-refractivity contribution in [3.63, 3.8) is 0 Å². The molecule has 2 N–H and O–H groups in total. The van der Waals surface area contributed by atoms with Crippen LogP contribution < -0.4 is 14.9 Å². The molecule has 0 atom stereocenters. The van der Waals surface area contributed by atoms with Gasteiger partial charge in [0.15, 0.2) is 11.5 Å². The van der Waals surface area contributed by atoms with Gasteiger partial charge in [0.05, 0.1) is 29.0 Å². The van der Waals surface area contributed by atoms with E-state index in [0.29, 0.717) is 23.7 Å². The average Bonchev–Trinajstić information content (AvgIpc) is 2.79. The quantitative estimate of drug-likeness (QED) is 0.254. The largest absolute Gasteiger partial charge is 0.490 e. The lowest BCUT2D eigenvalue weighted by atomic mass is 10.1. The van der Waals surface area contributed by atoms with E-state index in [4.69, 9.17) is 37.8 Å². The van der Waals surface area contributed by atoms with Crippen molar-refractivity contribution in [2.24, 2.45) is 5.10 Å². The van der Waals surface area contributed by atoms with Crippen LogP contribution in [0.5, 0.6) is 11.5 Å². The third-order valence-corrected chi connectivity index (χ3v) is 4.88. The van der Waals surface area contributed by atoms with Gasteiger partial charge < -0.3 is 14.6 Å². The Labute approximate surface area is 199 Å². The molecule has 33 heavy (non-hydrogen) atoms. The Morgan fingerprint density at radius 3 is 2.58 bits per heavy atom. The fraction of sp³-hybridized carbons (Fsp3) is 0.130. The molecule has 8 nitrogen and oxygen atoms in total. The van der Waals surface area contributed by atoms with Crippen LogP contribution in [-0.2, 0) is 6.61 Å². The number of carboxylic acids is 1. The summed E-state index contributed by atoms with van der Waals surface area (Å²) in [6, 6.07) is 12.7. The summed E-state index contributed by atoms with van der Waals surface area (Å²) < 4.78 is 11.5. The van der Waals surface area contributed by atoms with Crippen molar-refractivity contribution in [1.29, 1.82) is 0 Å². The highest BCUT2D eigenvalue weighted by atomic mass is 35.5. The van der Waals surface area contributed by atoms with E-state index < -0.39 is 11.9 Å². The smallest absolute Gasteiger partial charge is 0.335 e. The summed E-state index contributed by atoms with van der Waals surface area (Å²) in [5, 5.41) is 13.3. The second-order valence-electron chi connectivity index (χ2n) is 6.59. The van der Waals surface area contributed by atoms with Gasteiger partial charge in [-0.1, -0.05) is 35.3 Å². The highest BCUT2D eigenvalue weighted by Gasteiger charge is 2.14. The molecule has 0 saturated heterocycles. The number of amides is 1. The molecule has 2 aromatic carbocycles. The van der Waals surface area contributed by atoms with Crippen molar-refractivity contribution in [2.45, 2.75) is 13.5 Å². The topological polar surface area (TPSA) is 110 Å². The number of aromatic nitrogens is 1. The summed E-state index contributed by atoms with van der Waals surface area (Å²) in [5.74, 6) is -0.769. The number of rotatable bonds is 9. The average molecular weight is 488 g/mol. The lowest BCUT2D eigenvalue weighted by molar-refractivity contribution is 0.0696. The first kappa shape index (κ1) is 24.0. The fourth-order valence-electron chi connectivity index (χ4n) is 2.75. The van der Waals surface area contributed by atoms with Crippen LogP contribution in [0.2, 0.25) is 10.2 Å². The predicted octanol–water partition coefficient (Wildman–Crippen LogP) is 4.83. The number of hydrogen-bond acceptors (Lipinski definition) is 6. The molecule has 0 spiro atoms. The van der Waals surface area contributed by atoms with Gasteiger partial charge in [-0.2, -0.15) is 5.10 Å². The SMILES string of the molecule is CCOc1cc(C=NNC(=O)c2cccnc2Cl)cc(Cl)c1OCc1ccc(C(=O)O)cc1. The van der Waals surface area contributed by atoms with Crippen LogP contribution in [0.1, 0.15) is 38.8 Å². The van der Waals surface area contributed by atoms with Crippen molar-refractivity contribution in [3.05, 3.63) is 87.2 Å². The van der Waals surface area contributed by atoms with Gasteiger partial charge in [0, 0.05) is 6.20 Å². The number of ether oxygens (including phenoxy) is 2. The molecule has 0 bridgehead atoms. The number of hydrogen-bond donors (Lipinski definition) is 2. The molecule has 1 heterocycles. The van der Waals surface area contributed by atoms with Crippen molar-refractivity contribution in [1.82, 2.24) is 10.4 Å². The van der Waals surface area contributed by atoms with E-state index in [2.05, 4.69) is 15.5 Å². The zero-order valence-electron chi connectivity index (χ0n) is 17.4. The first-order valence-electron chi connectivity index (χ1n) is 9.74. The van der Waals surface area contributed by atoms with E-state index in [0.717, 1.165) is 5.56 Å². The third kappa shape index (κ3) is 6.44. The number of carbonyl (C=O) groups is 2. The normalized spacial score (nSPS) is 10.8. The Balaban J connectivity index is 1.72. The monoisotopic (exact) mass is 487 g/mol. The van der Waals surface area contributed by atoms with Gasteiger partial charge in [0.25, 0.3) is 5.91 Å². The van der Waals surface area contributed by atoms with Crippen LogP contribution in [0, 0.1) is 0 Å². The summed E-state index contributed by atoms with van der Waals surface area (Å²) in [7, 11) is 0. The summed E-state index contributed by atoms with van der Waals surface area (Å²) in [5.41, 5.74) is 4.10. The first-order chi connectivity index (χ1) is 15.9. The van der Waals surface area contributed by atoms with Crippen LogP contribution in [0.15, 0.2) is 59.8 Å². The maximum absolute atomic E-state index is 12.2. The molecular weight excluding hydrogens is 469 g/mol. The van der Waals surface area contributed by atoms with Crippen LogP contribution in [0.4, 0.5) is 0 Å². The number of carboxylic acid groups (broad SMARTS) is 1. The number of aromatic carboxylic acids is 1. The fourth-order valence-corrected chi connectivity index (χ4v) is 3.22. The molecule has 10 heteroatoms. The molecule has 0 aliphatic rings. The predicted molar refractivity (Wildman–Crippen MR) is 125 cm³/mol. The van der Waals surface area contributed by atoms with E-state index in [1.54, 1.807) is 30.3 Å². The molecule has 0 aliphatic heterocycles. The van der Waals surface area contributed by atoms with Crippen LogP contribution in [-0.4, -0.2) is 34.8 Å². The summed E-state index contributed by atoms with van der Waals surface area (Å²) in [4.78, 5) is 27.0. The zero-order valence-corrected chi connectivity index (χ0v) is 18.9. The Hall–Kier alpha value is -3.62.